The third kappa shape index (κ3) is 5.28. The minimum atomic E-state index is -4.35. The standard InChI is InChI=1S/C16H15F3N2OS/c1-11(12-2-4-13(5-3-12)16(17,18)19)21-15(22)10-23-14-6-8-20-9-7-14/h2-9,11H,10H2,1H3,(H,21,22). The van der Waals surface area contributed by atoms with E-state index in [1.165, 1.54) is 23.9 Å². The number of nitrogens with one attached hydrogen (secondary N) is 1. The van der Waals surface area contributed by atoms with E-state index in [2.05, 4.69) is 10.3 Å². The van der Waals surface area contributed by atoms with Crippen LogP contribution in [0.25, 0.3) is 0 Å². The van der Waals surface area contributed by atoms with Crippen LogP contribution in [0.2, 0.25) is 0 Å². The Morgan fingerprint density at radius 1 is 1.17 bits per heavy atom. The van der Waals surface area contributed by atoms with E-state index in [1.807, 2.05) is 0 Å². The first kappa shape index (κ1) is 17.3. The van der Waals surface area contributed by atoms with E-state index in [0.29, 0.717) is 5.56 Å². The highest BCUT2D eigenvalue weighted by molar-refractivity contribution is 8.00. The summed E-state index contributed by atoms with van der Waals surface area (Å²) >= 11 is 1.37. The van der Waals surface area contributed by atoms with Gasteiger partial charge < -0.3 is 5.32 Å². The highest BCUT2D eigenvalue weighted by Crippen LogP contribution is 2.29. The lowest BCUT2D eigenvalue weighted by atomic mass is 10.1. The Kier molecular flexibility index (Phi) is 5.65. The number of alkyl halides is 3. The zero-order valence-electron chi connectivity index (χ0n) is 12.3. The van der Waals surface area contributed by atoms with Crippen LogP contribution < -0.4 is 5.32 Å². The highest BCUT2D eigenvalue weighted by Gasteiger charge is 2.30. The van der Waals surface area contributed by atoms with Gasteiger partial charge in [-0.25, -0.2) is 0 Å². The number of carbonyl (C=O) groups excluding carboxylic acids is 1. The number of carbonyl (C=O) groups is 1. The molecule has 0 saturated carbocycles. The molecule has 23 heavy (non-hydrogen) atoms. The van der Waals surface area contributed by atoms with Gasteiger partial charge in [-0.3, -0.25) is 9.78 Å². The molecule has 1 aromatic heterocycles. The summed E-state index contributed by atoms with van der Waals surface area (Å²) in [6.45, 7) is 1.73. The molecule has 0 spiro atoms. The minimum Gasteiger partial charge on any atom is -0.349 e. The maximum absolute atomic E-state index is 12.5. The molecule has 0 bridgehead atoms. The van der Waals surface area contributed by atoms with Crippen molar-refractivity contribution in [2.75, 3.05) is 5.75 Å². The predicted molar refractivity (Wildman–Crippen MR) is 83.0 cm³/mol. The van der Waals surface area contributed by atoms with E-state index in [9.17, 15) is 18.0 Å². The van der Waals surface area contributed by atoms with E-state index in [-0.39, 0.29) is 17.7 Å². The Morgan fingerprint density at radius 3 is 2.35 bits per heavy atom. The fourth-order valence-corrected chi connectivity index (χ4v) is 2.61. The fourth-order valence-electron chi connectivity index (χ4n) is 1.91. The van der Waals surface area contributed by atoms with Gasteiger partial charge in [0.1, 0.15) is 0 Å². The smallest absolute Gasteiger partial charge is 0.349 e. The quantitative estimate of drug-likeness (QED) is 0.834. The number of aromatic nitrogens is 1. The molecule has 1 unspecified atom stereocenters. The largest absolute Gasteiger partial charge is 0.416 e. The molecule has 3 nitrogen and oxygen atoms in total. The summed E-state index contributed by atoms with van der Waals surface area (Å²) < 4.78 is 37.5. The molecule has 1 aromatic carbocycles. The number of pyridine rings is 1. The fraction of sp³-hybridized carbons (Fsp3) is 0.250. The third-order valence-electron chi connectivity index (χ3n) is 3.14. The van der Waals surface area contributed by atoms with Crippen molar-refractivity contribution in [3.05, 3.63) is 59.9 Å². The number of hydrogen-bond donors (Lipinski definition) is 1. The van der Waals surface area contributed by atoms with Gasteiger partial charge in [-0.15, -0.1) is 11.8 Å². The third-order valence-corrected chi connectivity index (χ3v) is 4.15. The van der Waals surface area contributed by atoms with Gasteiger partial charge in [0.15, 0.2) is 0 Å². The van der Waals surface area contributed by atoms with Crippen LogP contribution in [0.5, 0.6) is 0 Å². The second kappa shape index (κ2) is 7.50. The molecule has 0 aliphatic carbocycles. The lowest BCUT2D eigenvalue weighted by molar-refractivity contribution is -0.137. The average Bonchev–Trinajstić information content (AvgIpc) is 2.53. The van der Waals surface area contributed by atoms with Gasteiger partial charge in [-0.1, -0.05) is 12.1 Å². The summed E-state index contributed by atoms with van der Waals surface area (Å²) in [4.78, 5) is 16.7. The van der Waals surface area contributed by atoms with Crippen LogP contribution >= 0.6 is 11.8 Å². The van der Waals surface area contributed by atoms with Crippen molar-refractivity contribution in [1.29, 1.82) is 0 Å². The average molecular weight is 340 g/mol. The van der Waals surface area contributed by atoms with Crippen molar-refractivity contribution in [3.8, 4) is 0 Å². The molecule has 122 valence electrons. The van der Waals surface area contributed by atoms with Gasteiger partial charge in [0, 0.05) is 17.3 Å². The molecular weight excluding hydrogens is 325 g/mol. The van der Waals surface area contributed by atoms with Crippen molar-refractivity contribution < 1.29 is 18.0 Å². The van der Waals surface area contributed by atoms with Crippen molar-refractivity contribution in [3.63, 3.8) is 0 Å². The minimum absolute atomic E-state index is 0.181. The zero-order valence-corrected chi connectivity index (χ0v) is 13.1. The van der Waals surface area contributed by atoms with E-state index in [4.69, 9.17) is 0 Å². The maximum Gasteiger partial charge on any atom is 0.416 e. The molecule has 1 heterocycles. The van der Waals surface area contributed by atoms with E-state index in [0.717, 1.165) is 17.0 Å². The maximum atomic E-state index is 12.5. The molecule has 0 aliphatic rings. The van der Waals surface area contributed by atoms with Crippen LogP contribution in [0, 0.1) is 0 Å². The van der Waals surface area contributed by atoms with Crippen LogP contribution in [0.1, 0.15) is 24.1 Å². The van der Waals surface area contributed by atoms with Crippen molar-refractivity contribution in [2.24, 2.45) is 0 Å². The Bertz CT molecular complexity index is 645. The lowest BCUT2D eigenvalue weighted by Gasteiger charge is -2.15. The van der Waals surface area contributed by atoms with Gasteiger partial charge in [0.2, 0.25) is 5.91 Å². The Labute approximate surface area is 136 Å². The number of halogens is 3. The summed E-state index contributed by atoms with van der Waals surface area (Å²) in [5.41, 5.74) is -0.0757. The molecule has 0 saturated heterocycles. The zero-order chi connectivity index (χ0) is 16.9. The normalized spacial score (nSPS) is 12.7. The first-order valence-electron chi connectivity index (χ1n) is 6.85. The Hall–Kier alpha value is -2.02. The second-order valence-electron chi connectivity index (χ2n) is 4.88. The SMILES string of the molecule is CC(NC(=O)CSc1ccncc1)c1ccc(C(F)(F)F)cc1. The summed E-state index contributed by atoms with van der Waals surface area (Å²) in [6, 6.07) is 8.04. The molecule has 0 fully saturated rings. The molecule has 2 rings (SSSR count). The number of hydrogen-bond acceptors (Lipinski definition) is 3. The Morgan fingerprint density at radius 2 is 1.78 bits per heavy atom. The summed E-state index contributed by atoms with van der Waals surface area (Å²) in [5, 5.41) is 2.77. The van der Waals surface area contributed by atoms with Crippen molar-refractivity contribution in [2.45, 2.75) is 24.0 Å². The van der Waals surface area contributed by atoms with Gasteiger partial charge >= 0.3 is 6.18 Å². The predicted octanol–water partition coefficient (Wildman–Crippen LogP) is 4.07. The van der Waals surface area contributed by atoms with E-state index in [1.54, 1.807) is 31.5 Å². The molecule has 2 aromatic rings. The molecule has 1 amide bonds. The van der Waals surface area contributed by atoms with E-state index < -0.39 is 11.7 Å². The van der Waals surface area contributed by atoms with Gasteiger partial charge in [0.05, 0.1) is 17.4 Å². The van der Waals surface area contributed by atoms with Crippen LogP contribution in [-0.4, -0.2) is 16.6 Å². The lowest BCUT2D eigenvalue weighted by Crippen LogP contribution is -2.28. The van der Waals surface area contributed by atoms with E-state index >= 15 is 0 Å². The monoisotopic (exact) mass is 340 g/mol. The number of benzene rings is 1. The van der Waals surface area contributed by atoms with Crippen molar-refractivity contribution >= 4 is 17.7 Å². The van der Waals surface area contributed by atoms with Crippen LogP contribution in [0.15, 0.2) is 53.7 Å². The van der Waals surface area contributed by atoms with Crippen molar-refractivity contribution in [1.82, 2.24) is 10.3 Å². The number of nitrogens with zero attached hydrogens (tertiary/aromatic N) is 1. The molecule has 7 heteroatoms. The first-order chi connectivity index (χ1) is 10.9. The summed E-state index contributed by atoms with van der Waals surface area (Å²) in [6.07, 6.45) is -1.07. The topological polar surface area (TPSA) is 42.0 Å². The number of amides is 1. The molecular formula is C16H15F3N2OS. The first-order valence-corrected chi connectivity index (χ1v) is 7.84. The number of thioether (sulfide) groups is 1. The van der Waals surface area contributed by atoms with Crippen LogP contribution in [0.4, 0.5) is 13.2 Å². The van der Waals surface area contributed by atoms with Gasteiger partial charge in [-0.2, -0.15) is 13.2 Å². The summed E-state index contributed by atoms with van der Waals surface area (Å²) in [7, 11) is 0. The van der Waals surface area contributed by atoms with Gasteiger partial charge in [-0.05, 0) is 36.8 Å². The molecule has 1 atom stereocenters. The van der Waals surface area contributed by atoms with Crippen LogP contribution in [-0.2, 0) is 11.0 Å². The van der Waals surface area contributed by atoms with Gasteiger partial charge in [0.25, 0.3) is 0 Å². The second-order valence-corrected chi connectivity index (χ2v) is 5.93. The summed E-state index contributed by atoms with van der Waals surface area (Å²) in [5.74, 6) is 0.0499. The molecule has 0 radical (unpaired) electrons. The highest BCUT2D eigenvalue weighted by atomic mass is 32.2. The number of rotatable bonds is 5. The molecule has 1 N–H and O–H groups in total. The molecule has 0 aliphatic heterocycles. The Balaban J connectivity index is 1.88. The van der Waals surface area contributed by atoms with Crippen LogP contribution in [0.3, 0.4) is 0 Å².